The third-order valence-electron chi connectivity index (χ3n) is 6.10. The molecule has 3 fully saturated rings. The molecule has 0 bridgehead atoms. The molecule has 2 saturated heterocycles. The summed E-state index contributed by atoms with van der Waals surface area (Å²) in [5, 5.41) is 3.73. The van der Waals surface area contributed by atoms with Crippen molar-refractivity contribution in [2.75, 3.05) is 26.3 Å². The second-order valence-electron chi connectivity index (χ2n) is 7.91. The van der Waals surface area contributed by atoms with E-state index in [-0.39, 0.29) is 10.6 Å². The standard InChI is InChI=1S/C19H26F2N2O4S/c20-19(21)27-17-1-3-18(4-2-17)28(24,25)23-11-13-9-16(10-14(13)12-23)22-15-5-7-26-8-6-15/h1-4,13-16,19,22H,5-12H2. The molecule has 1 aromatic carbocycles. The zero-order valence-electron chi connectivity index (χ0n) is 15.6. The van der Waals surface area contributed by atoms with Crippen molar-refractivity contribution in [2.24, 2.45) is 11.8 Å². The van der Waals surface area contributed by atoms with Gasteiger partial charge in [-0.05, 0) is 61.8 Å². The fourth-order valence-electron chi connectivity index (χ4n) is 4.73. The van der Waals surface area contributed by atoms with Gasteiger partial charge in [-0.1, -0.05) is 0 Å². The number of nitrogens with one attached hydrogen (secondary N) is 1. The molecule has 2 unspecified atom stereocenters. The number of benzene rings is 1. The number of hydrogen-bond donors (Lipinski definition) is 1. The molecule has 1 aliphatic carbocycles. The Morgan fingerprint density at radius 1 is 1.04 bits per heavy atom. The maximum absolute atomic E-state index is 12.9. The minimum absolute atomic E-state index is 0.0470. The summed E-state index contributed by atoms with van der Waals surface area (Å²) in [6, 6.07) is 6.15. The molecule has 156 valence electrons. The molecule has 2 heterocycles. The highest BCUT2D eigenvalue weighted by atomic mass is 32.2. The first-order chi connectivity index (χ1) is 13.4. The average molecular weight is 416 g/mol. The molecule has 1 aromatic rings. The third-order valence-corrected chi connectivity index (χ3v) is 7.94. The average Bonchev–Trinajstić information content (AvgIpc) is 3.21. The van der Waals surface area contributed by atoms with E-state index < -0.39 is 16.6 Å². The summed E-state index contributed by atoms with van der Waals surface area (Å²) in [7, 11) is -3.62. The number of alkyl halides is 2. The van der Waals surface area contributed by atoms with Crippen LogP contribution in [0.4, 0.5) is 8.78 Å². The first-order valence-electron chi connectivity index (χ1n) is 9.80. The Balaban J connectivity index is 1.34. The third kappa shape index (κ3) is 4.32. The van der Waals surface area contributed by atoms with Crippen LogP contribution in [0.25, 0.3) is 0 Å². The molecule has 0 radical (unpaired) electrons. The molecule has 28 heavy (non-hydrogen) atoms. The predicted molar refractivity (Wildman–Crippen MR) is 98.8 cm³/mol. The molecule has 1 saturated carbocycles. The van der Waals surface area contributed by atoms with Crippen LogP contribution in [0.3, 0.4) is 0 Å². The Hall–Kier alpha value is -1.29. The summed E-state index contributed by atoms with van der Waals surface area (Å²) in [5.41, 5.74) is 0. The number of halogens is 2. The van der Waals surface area contributed by atoms with Crippen LogP contribution in [-0.2, 0) is 14.8 Å². The predicted octanol–water partition coefficient (Wildman–Crippen LogP) is 2.46. The highest BCUT2D eigenvalue weighted by Crippen LogP contribution is 2.40. The van der Waals surface area contributed by atoms with Crippen LogP contribution < -0.4 is 10.1 Å². The summed E-state index contributed by atoms with van der Waals surface area (Å²) in [6.07, 6.45) is 4.07. The van der Waals surface area contributed by atoms with E-state index in [0.29, 0.717) is 37.0 Å². The van der Waals surface area contributed by atoms with Gasteiger partial charge < -0.3 is 14.8 Å². The van der Waals surface area contributed by atoms with Crippen LogP contribution in [0, 0.1) is 11.8 Å². The first kappa shape index (κ1) is 20.0. The van der Waals surface area contributed by atoms with Crippen molar-refractivity contribution in [3.05, 3.63) is 24.3 Å². The normalized spacial score (nSPS) is 29.3. The Labute approximate surface area is 164 Å². The molecule has 0 amide bonds. The van der Waals surface area contributed by atoms with Gasteiger partial charge in [0.1, 0.15) is 5.75 Å². The van der Waals surface area contributed by atoms with Crippen molar-refractivity contribution in [1.82, 2.24) is 9.62 Å². The van der Waals surface area contributed by atoms with Crippen molar-refractivity contribution in [1.29, 1.82) is 0 Å². The van der Waals surface area contributed by atoms with Crippen molar-refractivity contribution >= 4 is 10.0 Å². The van der Waals surface area contributed by atoms with Crippen LogP contribution in [0.5, 0.6) is 5.75 Å². The van der Waals surface area contributed by atoms with Gasteiger partial charge >= 0.3 is 6.61 Å². The monoisotopic (exact) mass is 416 g/mol. The van der Waals surface area contributed by atoms with E-state index in [1.54, 1.807) is 0 Å². The molecule has 6 nitrogen and oxygen atoms in total. The zero-order chi connectivity index (χ0) is 19.7. The topological polar surface area (TPSA) is 67.9 Å². The number of ether oxygens (including phenoxy) is 2. The van der Waals surface area contributed by atoms with Gasteiger partial charge in [-0.2, -0.15) is 13.1 Å². The van der Waals surface area contributed by atoms with Crippen LogP contribution in [-0.4, -0.2) is 57.7 Å². The van der Waals surface area contributed by atoms with Crippen molar-refractivity contribution in [2.45, 2.75) is 49.3 Å². The van der Waals surface area contributed by atoms with Gasteiger partial charge in [0.2, 0.25) is 10.0 Å². The number of sulfonamides is 1. The lowest BCUT2D eigenvalue weighted by Crippen LogP contribution is -2.41. The lowest BCUT2D eigenvalue weighted by atomic mass is 10.0. The van der Waals surface area contributed by atoms with Crippen LogP contribution in [0.1, 0.15) is 25.7 Å². The number of nitrogens with zero attached hydrogens (tertiary/aromatic N) is 1. The van der Waals surface area contributed by atoms with Gasteiger partial charge in [-0.25, -0.2) is 8.42 Å². The summed E-state index contributed by atoms with van der Waals surface area (Å²) in [5.74, 6) is 0.691. The maximum Gasteiger partial charge on any atom is 0.387 e. The maximum atomic E-state index is 12.9. The molecule has 0 aromatic heterocycles. The van der Waals surface area contributed by atoms with Gasteiger partial charge in [-0.15, -0.1) is 0 Å². The highest BCUT2D eigenvalue weighted by Gasteiger charge is 2.45. The van der Waals surface area contributed by atoms with Gasteiger partial charge in [-0.3, -0.25) is 0 Å². The number of fused-ring (bicyclic) bond motifs is 1. The van der Waals surface area contributed by atoms with E-state index in [1.807, 2.05) is 0 Å². The molecule has 4 rings (SSSR count). The summed E-state index contributed by atoms with van der Waals surface area (Å²) in [4.78, 5) is 0.117. The lowest BCUT2D eigenvalue weighted by Gasteiger charge is -2.27. The Kier molecular flexibility index (Phi) is 5.87. The molecule has 2 atom stereocenters. The second kappa shape index (κ2) is 8.22. The van der Waals surface area contributed by atoms with Crippen molar-refractivity contribution in [3.63, 3.8) is 0 Å². The highest BCUT2D eigenvalue weighted by molar-refractivity contribution is 7.89. The molecule has 3 aliphatic rings. The summed E-state index contributed by atoms with van der Waals surface area (Å²) >= 11 is 0. The van der Waals surface area contributed by atoms with E-state index in [0.717, 1.165) is 38.9 Å². The fraction of sp³-hybridized carbons (Fsp3) is 0.684. The Morgan fingerprint density at radius 2 is 1.64 bits per heavy atom. The molecular weight excluding hydrogens is 390 g/mol. The Morgan fingerprint density at radius 3 is 2.21 bits per heavy atom. The first-order valence-corrected chi connectivity index (χ1v) is 11.2. The molecular formula is C19H26F2N2O4S. The molecule has 9 heteroatoms. The van der Waals surface area contributed by atoms with Crippen molar-refractivity contribution < 1.29 is 26.7 Å². The van der Waals surface area contributed by atoms with Crippen LogP contribution in [0.15, 0.2) is 29.2 Å². The minimum atomic E-state index is -3.62. The molecule has 0 spiro atoms. The lowest BCUT2D eigenvalue weighted by molar-refractivity contribution is -0.0498. The van der Waals surface area contributed by atoms with E-state index in [4.69, 9.17) is 4.74 Å². The smallest absolute Gasteiger partial charge is 0.387 e. The van der Waals surface area contributed by atoms with E-state index >= 15 is 0 Å². The van der Waals surface area contributed by atoms with Gasteiger partial charge in [0, 0.05) is 38.4 Å². The van der Waals surface area contributed by atoms with E-state index in [9.17, 15) is 17.2 Å². The number of hydrogen-bond acceptors (Lipinski definition) is 5. The van der Waals surface area contributed by atoms with E-state index in [2.05, 4.69) is 10.1 Å². The summed E-state index contributed by atoms with van der Waals surface area (Å²) < 4.78 is 61.5. The largest absolute Gasteiger partial charge is 0.435 e. The minimum Gasteiger partial charge on any atom is -0.435 e. The van der Waals surface area contributed by atoms with Crippen LogP contribution in [0.2, 0.25) is 0 Å². The van der Waals surface area contributed by atoms with Gasteiger partial charge in [0.05, 0.1) is 4.90 Å². The SMILES string of the molecule is O=S(=O)(c1ccc(OC(F)F)cc1)N1CC2CC(NC3CCOCC3)CC2C1. The number of rotatable bonds is 6. The van der Waals surface area contributed by atoms with Crippen molar-refractivity contribution in [3.8, 4) is 5.75 Å². The quantitative estimate of drug-likeness (QED) is 0.772. The fourth-order valence-corrected chi connectivity index (χ4v) is 6.28. The zero-order valence-corrected chi connectivity index (χ0v) is 16.4. The van der Waals surface area contributed by atoms with Gasteiger partial charge in [0.25, 0.3) is 0 Å². The second-order valence-corrected chi connectivity index (χ2v) is 9.85. The van der Waals surface area contributed by atoms with E-state index in [1.165, 1.54) is 28.6 Å². The van der Waals surface area contributed by atoms with Gasteiger partial charge in [0.15, 0.2) is 0 Å². The Bertz CT molecular complexity index is 755. The molecule has 2 aliphatic heterocycles. The molecule has 1 N–H and O–H groups in total. The summed E-state index contributed by atoms with van der Waals surface area (Å²) in [6.45, 7) is -0.264. The van der Waals surface area contributed by atoms with Crippen LogP contribution >= 0.6 is 0 Å².